The van der Waals surface area contributed by atoms with Crippen LogP contribution >= 0.6 is 0 Å². The van der Waals surface area contributed by atoms with Gasteiger partial charge in [0.15, 0.2) is 5.78 Å². The molecule has 3 N–H and O–H groups in total. The van der Waals surface area contributed by atoms with Crippen LogP contribution in [0.25, 0.3) is 0 Å². The fourth-order valence-corrected chi connectivity index (χ4v) is 9.21. The zero-order chi connectivity index (χ0) is 28.9. The number of ether oxygens (including phenoxy) is 1. The van der Waals surface area contributed by atoms with Crippen LogP contribution in [-0.4, -0.2) is 52.0 Å². The largest absolute Gasteiger partial charge is 0.462 e. The van der Waals surface area contributed by atoms with Crippen LogP contribution in [0.3, 0.4) is 0 Å². The fraction of sp³-hybridized carbons (Fsp3) is 0.818. The van der Waals surface area contributed by atoms with E-state index in [2.05, 4.69) is 34.6 Å². The van der Waals surface area contributed by atoms with Crippen molar-refractivity contribution in [3.8, 4) is 0 Å². The van der Waals surface area contributed by atoms with Gasteiger partial charge < -0.3 is 20.1 Å². The molecular weight excluding hydrogens is 492 g/mol. The minimum absolute atomic E-state index is 0.0265. The van der Waals surface area contributed by atoms with Gasteiger partial charge in [0.25, 0.3) is 0 Å². The van der Waals surface area contributed by atoms with Gasteiger partial charge in [-0.15, -0.1) is 0 Å². The van der Waals surface area contributed by atoms with Crippen molar-refractivity contribution in [1.29, 1.82) is 0 Å². The first-order valence-corrected chi connectivity index (χ1v) is 15.4. The van der Waals surface area contributed by atoms with E-state index in [4.69, 9.17) is 4.74 Å². The maximum atomic E-state index is 13.8. The van der Waals surface area contributed by atoms with E-state index in [1.807, 2.05) is 19.9 Å². The van der Waals surface area contributed by atoms with Crippen molar-refractivity contribution < 1.29 is 29.6 Å². The number of aliphatic hydroxyl groups is 3. The molecule has 3 fully saturated rings. The van der Waals surface area contributed by atoms with Crippen LogP contribution in [0.4, 0.5) is 0 Å². The predicted octanol–water partition coefficient (Wildman–Crippen LogP) is 5.24. The van der Waals surface area contributed by atoms with Gasteiger partial charge in [0.2, 0.25) is 0 Å². The molecule has 0 spiro atoms. The van der Waals surface area contributed by atoms with Crippen molar-refractivity contribution in [2.24, 2.45) is 52.3 Å². The lowest BCUT2D eigenvalue weighted by Crippen LogP contribution is -2.60. The third-order valence-corrected chi connectivity index (χ3v) is 11.3. The van der Waals surface area contributed by atoms with Gasteiger partial charge in [-0.25, -0.2) is 0 Å². The minimum atomic E-state index is -0.621. The molecule has 10 atom stereocenters. The van der Waals surface area contributed by atoms with Gasteiger partial charge in [-0.05, 0) is 73.2 Å². The molecule has 0 saturated heterocycles. The summed E-state index contributed by atoms with van der Waals surface area (Å²) < 4.78 is 5.75. The van der Waals surface area contributed by atoms with E-state index in [0.29, 0.717) is 31.1 Å². The third kappa shape index (κ3) is 5.42. The van der Waals surface area contributed by atoms with E-state index in [9.17, 15) is 24.9 Å². The number of aliphatic hydroxyl groups excluding tert-OH is 3. The molecule has 6 nitrogen and oxygen atoms in total. The van der Waals surface area contributed by atoms with Gasteiger partial charge in [0.1, 0.15) is 6.10 Å². The van der Waals surface area contributed by atoms with Crippen molar-refractivity contribution in [3.63, 3.8) is 0 Å². The standard InChI is InChI=1S/C33H52O6/c1-18(2)21(11-13-34)9-8-20(5)24-16-26(36)29-28-25(35)15-22-14-23(39-31(38)19(3)4)10-12-32(22,6)30(28)27(37)17-33(24,29)7/h11,15,18-20,23-24,26-30,34,36-37H,8-10,12-14,16-17H2,1-7H3. The molecule has 6 heteroatoms. The first-order chi connectivity index (χ1) is 18.2. The molecule has 0 bridgehead atoms. The molecule has 0 radical (unpaired) electrons. The number of ketones is 1. The zero-order valence-corrected chi connectivity index (χ0v) is 25.2. The Morgan fingerprint density at radius 2 is 1.79 bits per heavy atom. The lowest BCUT2D eigenvalue weighted by atomic mass is 9.45. The van der Waals surface area contributed by atoms with Crippen LogP contribution in [-0.2, 0) is 14.3 Å². The van der Waals surface area contributed by atoms with Gasteiger partial charge in [-0.3, -0.25) is 9.59 Å². The molecular formula is C33H52O6. The Balaban J connectivity index is 1.58. The minimum Gasteiger partial charge on any atom is -0.462 e. The first-order valence-electron chi connectivity index (χ1n) is 15.4. The molecule has 0 aliphatic heterocycles. The zero-order valence-electron chi connectivity index (χ0n) is 25.2. The summed E-state index contributed by atoms with van der Waals surface area (Å²) in [6, 6.07) is 0. The molecule has 0 aromatic rings. The monoisotopic (exact) mass is 544 g/mol. The van der Waals surface area contributed by atoms with Gasteiger partial charge in [-0.2, -0.15) is 0 Å². The summed E-state index contributed by atoms with van der Waals surface area (Å²) in [5.41, 5.74) is 1.60. The van der Waals surface area contributed by atoms with Crippen LogP contribution in [0.2, 0.25) is 0 Å². The van der Waals surface area contributed by atoms with E-state index in [0.717, 1.165) is 31.3 Å². The Hall–Kier alpha value is -1.50. The molecule has 4 aliphatic rings. The number of hydrogen-bond donors (Lipinski definition) is 3. The summed E-state index contributed by atoms with van der Waals surface area (Å²) in [7, 11) is 0. The maximum absolute atomic E-state index is 13.8. The van der Waals surface area contributed by atoms with Crippen LogP contribution in [0.5, 0.6) is 0 Å². The molecule has 39 heavy (non-hydrogen) atoms. The molecule has 0 amide bonds. The molecule has 4 rings (SSSR count). The van der Waals surface area contributed by atoms with Crippen LogP contribution in [0, 0.1) is 52.3 Å². The smallest absolute Gasteiger partial charge is 0.308 e. The quantitative estimate of drug-likeness (QED) is 0.285. The summed E-state index contributed by atoms with van der Waals surface area (Å²) in [6.07, 6.45) is 7.44. The number of esters is 1. The number of rotatable bonds is 8. The highest BCUT2D eigenvalue weighted by molar-refractivity contribution is 5.95. The van der Waals surface area contributed by atoms with Gasteiger partial charge >= 0.3 is 5.97 Å². The molecule has 4 aliphatic carbocycles. The SMILES string of the molecule is CC(C)C(=O)OC1CCC2(C)C(=CC(=O)C3C2C(O)CC2(C)C(C(C)CCC(=CCO)C(C)C)CC(O)C32)C1. The van der Waals surface area contributed by atoms with Crippen LogP contribution in [0.1, 0.15) is 93.4 Å². The summed E-state index contributed by atoms with van der Waals surface area (Å²) in [5.74, 6) is -0.247. The Labute approximate surface area is 235 Å². The molecule has 3 saturated carbocycles. The number of allylic oxidation sites excluding steroid dienone is 2. The van der Waals surface area contributed by atoms with Crippen molar-refractivity contribution in [1.82, 2.24) is 0 Å². The van der Waals surface area contributed by atoms with Crippen molar-refractivity contribution >= 4 is 11.8 Å². The topological polar surface area (TPSA) is 104 Å². The Morgan fingerprint density at radius 3 is 2.41 bits per heavy atom. The molecule has 0 aromatic heterocycles. The summed E-state index contributed by atoms with van der Waals surface area (Å²) in [4.78, 5) is 26.1. The van der Waals surface area contributed by atoms with Crippen LogP contribution < -0.4 is 0 Å². The highest BCUT2D eigenvalue weighted by atomic mass is 16.5. The molecule has 0 aromatic carbocycles. The summed E-state index contributed by atoms with van der Waals surface area (Å²) >= 11 is 0. The van der Waals surface area contributed by atoms with E-state index in [-0.39, 0.29) is 59.0 Å². The van der Waals surface area contributed by atoms with E-state index in [1.54, 1.807) is 6.08 Å². The normalized spacial score (nSPS) is 41.1. The summed E-state index contributed by atoms with van der Waals surface area (Å²) in [6.45, 7) is 14.6. The van der Waals surface area contributed by atoms with Crippen molar-refractivity contribution in [3.05, 3.63) is 23.3 Å². The average molecular weight is 545 g/mol. The van der Waals surface area contributed by atoms with Gasteiger partial charge in [-0.1, -0.05) is 65.7 Å². The van der Waals surface area contributed by atoms with E-state index >= 15 is 0 Å². The third-order valence-electron chi connectivity index (χ3n) is 11.3. The second-order valence-corrected chi connectivity index (χ2v) is 14.3. The lowest BCUT2D eigenvalue weighted by Gasteiger charge is -2.59. The highest BCUT2D eigenvalue weighted by Crippen LogP contribution is 2.66. The second kappa shape index (κ2) is 11.4. The van der Waals surface area contributed by atoms with E-state index < -0.39 is 18.1 Å². The Morgan fingerprint density at radius 1 is 1.10 bits per heavy atom. The van der Waals surface area contributed by atoms with Crippen molar-refractivity contribution in [2.45, 2.75) is 112 Å². The Bertz CT molecular complexity index is 996. The molecule has 10 unspecified atom stereocenters. The van der Waals surface area contributed by atoms with Gasteiger partial charge in [0.05, 0.1) is 24.7 Å². The maximum Gasteiger partial charge on any atom is 0.308 e. The number of carbonyl (C=O) groups excluding carboxylic acids is 2. The first kappa shape index (κ1) is 30.5. The second-order valence-electron chi connectivity index (χ2n) is 14.3. The summed E-state index contributed by atoms with van der Waals surface area (Å²) in [5, 5.41) is 32.7. The van der Waals surface area contributed by atoms with E-state index in [1.165, 1.54) is 5.57 Å². The number of fused-ring (bicyclic) bond motifs is 5. The van der Waals surface area contributed by atoms with Crippen LogP contribution in [0.15, 0.2) is 23.3 Å². The van der Waals surface area contributed by atoms with Crippen molar-refractivity contribution in [2.75, 3.05) is 6.61 Å². The van der Waals surface area contributed by atoms with Gasteiger partial charge in [0, 0.05) is 24.2 Å². The predicted molar refractivity (Wildman–Crippen MR) is 151 cm³/mol. The fourth-order valence-electron chi connectivity index (χ4n) is 9.21. The molecule has 0 heterocycles. The Kier molecular flexibility index (Phi) is 8.91. The number of hydrogen-bond acceptors (Lipinski definition) is 6. The highest BCUT2D eigenvalue weighted by Gasteiger charge is 2.66. The average Bonchev–Trinajstić information content (AvgIpc) is 3.11. The number of carbonyl (C=O) groups is 2. The lowest BCUT2D eigenvalue weighted by molar-refractivity contribution is -0.165. The molecule has 220 valence electrons.